The van der Waals surface area contributed by atoms with E-state index in [9.17, 15) is 18.0 Å². The zero-order chi connectivity index (χ0) is 21.4. The Balaban J connectivity index is 2.52. The van der Waals surface area contributed by atoms with Crippen LogP contribution in [-0.4, -0.2) is 39.3 Å². The van der Waals surface area contributed by atoms with E-state index in [1.165, 1.54) is 19.1 Å². The third kappa shape index (κ3) is 4.62. The molecule has 10 heteroatoms. The van der Waals surface area contributed by atoms with Crippen molar-refractivity contribution in [3.05, 3.63) is 28.3 Å². The summed E-state index contributed by atoms with van der Waals surface area (Å²) in [4.78, 5) is 13.4. The fraction of sp³-hybridized carbons (Fsp3) is 0.556. The Bertz CT molecular complexity index is 805. The number of carbonyl (C=O) groups is 1. The summed E-state index contributed by atoms with van der Waals surface area (Å²) in [6, 6.07) is 3.38. The van der Waals surface area contributed by atoms with Crippen molar-refractivity contribution < 1.29 is 27.1 Å². The minimum absolute atomic E-state index is 0.0908. The molecule has 1 saturated heterocycles. The number of amides is 1. The third-order valence-corrected chi connectivity index (χ3v) is 6.05. The molecule has 0 saturated carbocycles. The lowest BCUT2D eigenvalue weighted by molar-refractivity contribution is -0.190. The normalized spacial score (nSPS) is 21.4. The number of cyclic esters (lactones) is 1. The second kappa shape index (κ2) is 7.93. The van der Waals surface area contributed by atoms with Crippen LogP contribution in [0.3, 0.4) is 0 Å². The summed E-state index contributed by atoms with van der Waals surface area (Å²) in [7, 11) is -2.22. The van der Waals surface area contributed by atoms with Gasteiger partial charge >= 0.3 is 12.3 Å². The molecule has 0 aromatic heterocycles. The number of benzene rings is 1. The molecule has 1 aromatic rings. The van der Waals surface area contributed by atoms with Crippen molar-refractivity contribution in [3.8, 4) is 6.07 Å². The maximum absolute atomic E-state index is 13.9. The number of nitrogens with zero attached hydrogens (tertiary/aromatic N) is 2. The maximum Gasteiger partial charge on any atom is 0.415 e. The van der Waals surface area contributed by atoms with Crippen LogP contribution in [0.25, 0.3) is 0 Å². The Morgan fingerprint density at radius 2 is 2.00 bits per heavy atom. The van der Waals surface area contributed by atoms with Gasteiger partial charge in [0.1, 0.15) is 18.1 Å². The van der Waals surface area contributed by atoms with Crippen molar-refractivity contribution in [2.45, 2.75) is 51.8 Å². The first-order valence-corrected chi connectivity index (χ1v) is 12.5. The Kier molecular flexibility index (Phi) is 6.38. The van der Waals surface area contributed by atoms with Gasteiger partial charge in [-0.2, -0.15) is 18.4 Å². The SMILES string of the molecule is Cc1c(N2C(=O)O[C@H](C)[C@@H]2C(CO[Si](C)(C)C)C(F)(F)F)ccc(C#N)c1Cl. The van der Waals surface area contributed by atoms with E-state index in [-0.39, 0.29) is 16.3 Å². The molecule has 1 heterocycles. The highest BCUT2D eigenvalue weighted by Gasteiger charge is 2.55. The smallest absolute Gasteiger partial charge is 0.415 e. The predicted octanol–water partition coefficient (Wildman–Crippen LogP) is 5.26. The van der Waals surface area contributed by atoms with Gasteiger partial charge in [-0.05, 0) is 51.2 Å². The highest BCUT2D eigenvalue weighted by atomic mass is 35.5. The Morgan fingerprint density at radius 1 is 1.39 bits per heavy atom. The van der Waals surface area contributed by atoms with Crippen LogP contribution in [0, 0.1) is 24.2 Å². The molecule has 2 rings (SSSR count). The first-order chi connectivity index (χ1) is 12.8. The van der Waals surface area contributed by atoms with Crippen LogP contribution in [0.4, 0.5) is 23.7 Å². The number of hydrogen-bond acceptors (Lipinski definition) is 4. The molecule has 1 aromatic carbocycles. The zero-order valence-corrected chi connectivity index (χ0v) is 18.0. The summed E-state index contributed by atoms with van der Waals surface area (Å²) in [6.45, 7) is 7.79. The molecule has 0 aliphatic carbocycles. The lowest BCUT2D eigenvalue weighted by atomic mass is 9.94. The van der Waals surface area contributed by atoms with Crippen molar-refractivity contribution in [1.82, 2.24) is 0 Å². The molecule has 1 aliphatic rings. The molecule has 0 N–H and O–H groups in total. The lowest BCUT2D eigenvalue weighted by Gasteiger charge is -2.34. The van der Waals surface area contributed by atoms with Gasteiger partial charge in [0, 0.05) is 6.61 Å². The number of carbonyl (C=O) groups excluding carboxylic acids is 1. The van der Waals surface area contributed by atoms with Crippen LogP contribution in [0.2, 0.25) is 24.7 Å². The molecule has 1 unspecified atom stereocenters. The van der Waals surface area contributed by atoms with E-state index in [2.05, 4.69) is 0 Å². The Morgan fingerprint density at radius 3 is 2.50 bits per heavy atom. The summed E-state index contributed by atoms with van der Waals surface area (Å²) < 4.78 is 52.4. The molecule has 1 fully saturated rings. The number of hydrogen-bond donors (Lipinski definition) is 0. The fourth-order valence-electron chi connectivity index (χ4n) is 3.13. The number of anilines is 1. The van der Waals surface area contributed by atoms with Crippen LogP contribution >= 0.6 is 11.6 Å². The first-order valence-electron chi connectivity index (χ1n) is 8.67. The van der Waals surface area contributed by atoms with Crippen LogP contribution in [0.1, 0.15) is 18.1 Å². The number of nitriles is 1. The minimum atomic E-state index is -4.60. The van der Waals surface area contributed by atoms with Gasteiger partial charge in [0.15, 0.2) is 8.32 Å². The van der Waals surface area contributed by atoms with Gasteiger partial charge in [0.25, 0.3) is 0 Å². The van der Waals surface area contributed by atoms with Crippen molar-refractivity contribution in [3.63, 3.8) is 0 Å². The number of halogens is 4. The van der Waals surface area contributed by atoms with Gasteiger partial charge in [0.05, 0.1) is 22.3 Å². The van der Waals surface area contributed by atoms with Gasteiger partial charge in [0.2, 0.25) is 0 Å². The lowest BCUT2D eigenvalue weighted by Crippen LogP contribution is -2.51. The maximum atomic E-state index is 13.9. The van der Waals surface area contributed by atoms with E-state index >= 15 is 0 Å². The van der Waals surface area contributed by atoms with Crippen LogP contribution < -0.4 is 4.90 Å². The molecular weight excluding hydrogens is 413 g/mol. The highest BCUT2D eigenvalue weighted by Crippen LogP contribution is 2.41. The fourth-order valence-corrected chi connectivity index (χ4v) is 4.01. The van der Waals surface area contributed by atoms with Crippen molar-refractivity contribution >= 4 is 31.7 Å². The average molecular weight is 435 g/mol. The summed E-state index contributed by atoms with van der Waals surface area (Å²) in [5.74, 6) is -1.94. The molecule has 3 atom stereocenters. The second-order valence-electron chi connectivity index (χ2n) is 7.70. The largest absolute Gasteiger partial charge is 0.444 e. The van der Waals surface area contributed by atoms with Gasteiger partial charge in [-0.1, -0.05) is 11.6 Å². The molecule has 0 radical (unpaired) electrons. The molecule has 28 heavy (non-hydrogen) atoms. The third-order valence-electron chi connectivity index (χ3n) is 4.53. The molecule has 1 amide bonds. The summed E-state index contributed by atoms with van der Waals surface area (Å²) >= 11 is 6.16. The summed E-state index contributed by atoms with van der Waals surface area (Å²) in [5.41, 5.74) is 0.698. The summed E-state index contributed by atoms with van der Waals surface area (Å²) in [6.07, 6.45) is -6.49. The molecule has 1 aliphatic heterocycles. The first kappa shape index (κ1) is 22.5. The Labute approximate surface area is 168 Å². The molecule has 0 bridgehead atoms. The topological polar surface area (TPSA) is 62.6 Å². The van der Waals surface area contributed by atoms with Gasteiger partial charge in [-0.15, -0.1) is 0 Å². The summed E-state index contributed by atoms with van der Waals surface area (Å²) in [5, 5.41) is 9.18. The van der Waals surface area contributed by atoms with Crippen LogP contribution in [0.5, 0.6) is 0 Å². The standard InChI is InChI=1S/C18H22ClF3N2O3Si/c1-10-14(7-6-12(8-23)15(10)19)24-16(11(2)27-17(24)25)13(18(20,21)22)9-26-28(3,4)5/h6-7,11,13,16H,9H2,1-5H3/t11-,13?,16-/m1/s1. The average Bonchev–Trinajstić information content (AvgIpc) is 2.82. The molecule has 154 valence electrons. The van der Waals surface area contributed by atoms with Crippen molar-refractivity contribution in [2.24, 2.45) is 5.92 Å². The van der Waals surface area contributed by atoms with E-state index in [1.807, 2.05) is 6.07 Å². The Hall–Kier alpha value is -1.76. The van der Waals surface area contributed by atoms with Crippen molar-refractivity contribution in [1.29, 1.82) is 5.26 Å². The predicted molar refractivity (Wildman–Crippen MR) is 102 cm³/mol. The second-order valence-corrected chi connectivity index (χ2v) is 12.6. The molecule has 0 spiro atoms. The minimum Gasteiger partial charge on any atom is -0.444 e. The highest BCUT2D eigenvalue weighted by molar-refractivity contribution is 6.69. The van der Waals surface area contributed by atoms with Crippen LogP contribution in [0.15, 0.2) is 12.1 Å². The number of alkyl halides is 3. The molecular formula is C18H22ClF3N2O3Si. The molecule has 5 nitrogen and oxygen atoms in total. The zero-order valence-electron chi connectivity index (χ0n) is 16.2. The van der Waals surface area contributed by atoms with Crippen LogP contribution in [-0.2, 0) is 9.16 Å². The van der Waals surface area contributed by atoms with Gasteiger partial charge in [-0.25, -0.2) is 4.79 Å². The monoisotopic (exact) mass is 434 g/mol. The van der Waals surface area contributed by atoms with E-state index in [1.54, 1.807) is 26.6 Å². The van der Waals surface area contributed by atoms with E-state index < -0.39 is 45.3 Å². The van der Waals surface area contributed by atoms with E-state index in [4.69, 9.17) is 26.0 Å². The van der Waals surface area contributed by atoms with E-state index in [0.717, 1.165) is 4.90 Å². The quantitative estimate of drug-likeness (QED) is 0.592. The number of ether oxygens (including phenoxy) is 1. The van der Waals surface area contributed by atoms with Crippen molar-refractivity contribution in [2.75, 3.05) is 11.5 Å². The van der Waals surface area contributed by atoms with Gasteiger partial charge in [-0.3, -0.25) is 4.90 Å². The van der Waals surface area contributed by atoms with Gasteiger partial charge < -0.3 is 9.16 Å². The van der Waals surface area contributed by atoms with E-state index in [0.29, 0.717) is 5.56 Å². The number of rotatable bonds is 5.